The maximum atomic E-state index is 13.5. The zero-order chi connectivity index (χ0) is 22.8. The van der Waals surface area contributed by atoms with Crippen LogP contribution in [0, 0.1) is 6.92 Å². The number of carbonyl (C=O) groups excluding carboxylic acids is 1. The Balaban J connectivity index is 1.59. The zero-order valence-electron chi connectivity index (χ0n) is 18.4. The highest BCUT2D eigenvalue weighted by atomic mass is 32.2. The molecule has 5 nitrogen and oxygen atoms in total. The standard InChI is InChI=1S/C27H25N3O2S/c1-18-11-13-19(14-12-18)17-30-26(32)22-9-5-6-10-23(22)29-27(30)33-24(20-7-3-2-4-8-20)25(31)28-21-15-16-21/h2-14,21,24H,15-17H2,1H3,(H,28,31). The molecule has 0 bridgehead atoms. The van der Waals surface area contributed by atoms with Crippen molar-refractivity contribution in [3.05, 3.63) is 106 Å². The Morgan fingerprint density at radius 3 is 2.45 bits per heavy atom. The summed E-state index contributed by atoms with van der Waals surface area (Å²) >= 11 is 1.34. The lowest BCUT2D eigenvalue weighted by Crippen LogP contribution is -2.31. The Bertz CT molecular complexity index is 1350. The Hall–Kier alpha value is -3.38. The molecule has 0 aliphatic heterocycles. The highest BCUT2D eigenvalue weighted by Gasteiger charge is 2.30. The number of nitrogens with one attached hydrogen (secondary N) is 1. The summed E-state index contributed by atoms with van der Waals surface area (Å²) in [5.74, 6) is -0.0435. The summed E-state index contributed by atoms with van der Waals surface area (Å²) in [6, 6.07) is 25.5. The maximum Gasteiger partial charge on any atom is 0.262 e. The SMILES string of the molecule is Cc1ccc(Cn2c(SC(C(=O)NC3CC3)c3ccccc3)nc3ccccc3c2=O)cc1. The zero-order valence-corrected chi connectivity index (χ0v) is 19.2. The molecule has 6 heteroatoms. The van der Waals surface area contributed by atoms with Gasteiger partial charge in [0.1, 0.15) is 5.25 Å². The van der Waals surface area contributed by atoms with Crippen LogP contribution in [0.25, 0.3) is 10.9 Å². The van der Waals surface area contributed by atoms with Gasteiger partial charge in [-0.2, -0.15) is 0 Å². The van der Waals surface area contributed by atoms with Gasteiger partial charge in [0, 0.05) is 6.04 Å². The third-order valence-corrected chi connectivity index (χ3v) is 7.02. The van der Waals surface area contributed by atoms with Crippen LogP contribution in [0.3, 0.4) is 0 Å². The van der Waals surface area contributed by atoms with E-state index in [0.29, 0.717) is 22.6 Å². The second-order valence-corrected chi connectivity index (χ2v) is 9.55. The van der Waals surface area contributed by atoms with Gasteiger partial charge in [-0.05, 0) is 43.0 Å². The Morgan fingerprint density at radius 2 is 1.73 bits per heavy atom. The molecule has 0 saturated heterocycles. The van der Waals surface area contributed by atoms with E-state index in [2.05, 4.69) is 5.32 Å². The van der Waals surface area contributed by atoms with Crippen molar-refractivity contribution < 1.29 is 4.79 Å². The van der Waals surface area contributed by atoms with Crippen molar-refractivity contribution in [2.24, 2.45) is 0 Å². The fourth-order valence-corrected chi connectivity index (χ4v) is 4.87. The van der Waals surface area contributed by atoms with Crippen molar-refractivity contribution in [3.8, 4) is 0 Å². The van der Waals surface area contributed by atoms with Gasteiger partial charge in [0.2, 0.25) is 5.91 Å². The van der Waals surface area contributed by atoms with Crippen LogP contribution < -0.4 is 10.9 Å². The van der Waals surface area contributed by atoms with E-state index in [0.717, 1.165) is 24.0 Å². The maximum absolute atomic E-state index is 13.5. The number of hydrogen-bond acceptors (Lipinski definition) is 4. The summed E-state index contributed by atoms with van der Waals surface area (Å²) in [6.45, 7) is 2.43. The van der Waals surface area contributed by atoms with E-state index in [4.69, 9.17) is 4.98 Å². The van der Waals surface area contributed by atoms with Gasteiger partial charge in [-0.15, -0.1) is 0 Å². The lowest BCUT2D eigenvalue weighted by atomic mass is 10.1. The van der Waals surface area contributed by atoms with Crippen LogP contribution in [0.5, 0.6) is 0 Å². The van der Waals surface area contributed by atoms with Gasteiger partial charge in [0.15, 0.2) is 5.16 Å². The first-order valence-electron chi connectivity index (χ1n) is 11.2. The average Bonchev–Trinajstić information content (AvgIpc) is 3.65. The van der Waals surface area contributed by atoms with E-state index in [-0.39, 0.29) is 17.5 Å². The highest BCUT2D eigenvalue weighted by molar-refractivity contribution is 8.00. The topological polar surface area (TPSA) is 64.0 Å². The number of rotatable bonds is 7. The number of carbonyl (C=O) groups is 1. The minimum absolute atomic E-state index is 0.0435. The molecule has 1 fully saturated rings. The van der Waals surface area contributed by atoms with E-state index < -0.39 is 5.25 Å². The molecule has 1 N–H and O–H groups in total. The monoisotopic (exact) mass is 455 g/mol. The second kappa shape index (κ2) is 9.24. The number of hydrogen-bond donors (Lipinski definition) is 1. The van der Waals surface area contributed by atoms with Crippen LogP contribution in [-0.2, 0) is 11.3 Å². The number of amides is 1. The van der Waals surface area contributed by atoms with Crippen molar-refractivity contribution in [1.82, 2.24) is 14.9 Å². The third kappa shape index (κ3) is 4.86. The molecule has 1 aliphatic rings. The first kappa shape index (κ1) is 21.5. The van der Waals surface area contributed by atoms with Gasteiger partial charge < -0.3 is 5.32 Å². The van der Waals surface area contributed by atoms with Gasteiger partial charge >= 0.3 is 0 Å². The Labute approximate surface area is 196 Å². The predicted molar refractivity (Wildman–Crippen MR) is 132 cm³/mol. The molecular weight excluding hydrogens is 430 g/mol. The fourth-order valence-electron chi connectivity index (χ4n) is 3.76. The molecule has 3 aromatic carbocycles. The van der Waals surface area contributed by atoms with E-state index in [1.807, 2.05) is 79.7 Å². The molecule has 1 amide bonds. The molecule has 4 aromatic rings. The van der Waals surface area contributed by atoms with E-state index in [9.17, 15) is 9.59 Å². The molecule has 1 unspecified atom stereocenters. The lowest BCUT2D eigenvalue weighted by Gasteiger charge is -2.19. The van der Waals surface area contributed by atoms with Crippen LogP contribution in [-0.4, -0.2) is 21.5 Å². The Morgan fingerprint density at radius 1 is 1.03 bits per heavy atom. The highest BCUT2D eigenvalue weighted by Crippen LogP contribution is 2.36. The van der Waals surface area contributed by atoms with Crippen molar-refractivity contribution in [2.45, 2.75) is 42.8 Å². The molecule has 1 saturated carbocycles. The normalized spacial score (nSPS) is 14.2. The lowest BCUT2D eigenvalue weighted by molar-refractivity contribution is -0.120. The van der Waals surface area contributed by atoms with Crippen molar-refractivity contribution in [3.63, 3.8) is 0 Å². The van der Waals surface area contributed by atoms with Gasteiger partial charge in [0.05, 0.1) is 17.4 Å². The number of fused-ring (bicyclic) bond motifs is 1. The van der Waals surface area contributed by atoms with E-state index in [1.54, 1.807) is 10.6 Å². The summed E-state index contributed by atoms with van der Waals surface area (Å²) in [5, 5.41) is 3.75. The summed E-state index contributed by atoms with van der Waals surface area (Å²) in [4.78, 5) is 31.6. The van der Waals surface area contributed by atoms with Gasteiger partial charge in [0.25, 0.3) is 5.56 Å². The van der Waals surface area contributed by atoms with Crippen molar-refractivity contribution >= 4 is 28.6 Å². The minimum atomic E-state index is -0.496. The van der Waals surface area contributed by atoms with E-state index >= 15 is 0 Å². The number of aryl methyl sites for hydroxylation is 1. The third-order valence-electron chi connectivity index (χ3n) is 5.78. The second-order valence-electron chi connectivity index (χ2n) is 8.48. The number of thioether (sulfide) groups is 1. The smallest absolute Gasteiger partial charge is 0.262 e. The number of nitrogens with zero attached hydrogens (tertiary/aromatic N) is 2. The molecule has 1 heterocycles. The largest absolute Gasteiger partial charge is 0.352 e. The molecule has 0 spiro atoms. The number of benzene rings is 3. The molecule has 0 radical (unpaired) electrons. The quantitative estimate of drug-likeness (QED) is 0.319. The van der Waals surface area contributed by atoms with Gasteiger partial charge in [-0.1, -0.05) is 84.1 Å². The van der Waals surface area contributed by atoms with Crippen LogP contribution in [0.2, 0.25) is 0 Å². The number of aromatic nitrogens is 2. The fraction of sp³-hybridized carbons (Fsp3) is 0.222. The molecule has 33 heavy (non-hydrogen) atoms. The number of para-hydroxylation sites is 1. The van der Waals surface area contributed by atoms with Crippen molar-refractivity contribution in [1.29, 1.82) is 0 Å². The van der Waals surface area contributed by atoms with E-state index in [1.165, 1.54) is 17.3 Å². The summed E-state index contributed by atoms with van der Waals surface area (Å²) in [6.07, 6.45) is 2.04. The van der Waals surface area contributed by atoms with Gasteiger partial charge in [-0.25, -0.2) is 4.98 Å². The van der Waals surface area contributed by atoms with Crippen molar-refractivity contribution in [2.75, 3.05) is 0 Å². The molecule has 5 rings (SSSR count). The molecular formula is C27H25N3O2S. The van der Waals surface area contributed by atoms with Crippen LogP contribution >= 0.6 is 11.8 Å². The minimum Gasteiger partial charge on any atom is -0.352 e. The predicted octanol–water partition coefficient (Wildman–Crippen LogP) is 4.87. The summed E-state index contributed by atoms with van der Waals surface area (Å²) in [5.41, 5.74) is 3.61. The molecule has 166 valence electrons. The first-order chi connectivity index (χ1) is 16.1. The van der Waals surface area contributed by atoms with Gasteiger partial charge in [-0.3, -0.25) is 14.2 Å². The Kier molecular flexibility index (Phi) is 6.01. The molecule has 1 aliphatic carbocycles. The summed E-state index contributed by atoms with van der Waals surface area (Å²) in [7, 11) is 0. The van der Waals surface area contributed by atoms with Crippen LogP contribution in [0.4, 0.5) is 0 Å². The molecule has 1 atom stereocenters. The molecule has 1 aromatic heterocycles. The van der Waals surface area contributed by atoms with Crippen LogP contribution in [0.1, 0.15) is 34.8 Å². The first-order valence-corrected chi connectivity index (χ1v) is 12.0. The van der Waals surface area contributed by atoms with Crippen LogP contribution in [0.15, 0.2) is 88.8 Å². The average molecular weight is 456 g/mol. The summed E-state index contributed by atoms with van der Waals surface area (Å²) < 4.78 is 1.69.